The molecule has 110 valence electrons. The molecule has 0 heterocycles. The number of nitriles is 1. The molecule has 1 saturated carbocycles. The average Bonchev–Trinajstić information content (AvgIpc) is 2.53. The van der Waals surface area contributed by atoms with E-state index < -0.39 is 16.9 Å². The number of benzene rings is 1. The van der Waals surface area contributed by atoms with Crippen LogP contribution in [0.5, 0.6) is 0 Å². The Labute approximate surface area is 122 Å². The van der Waals surface area contributed by atoms with Gasteiger partial charge in [-0.1, -0.05) is 25.3 Å². The third-order valence-corrected chi connectivity index (χ3v) is 3.87. The van der Waals surface area contributed by atoms with E-state index >= 15 is 0 Å². The first-order valence-corrected chi connectivity index (χ1v) is 7.07. The highest BCUT2D eigenvalue weighted by molar-refractivity contribution is 5.95. The van der Waals surface area contributed by atoms with E-state index in [-0.39, 0.29) is 17.2 Å². The maximum atomic E-state index is 12.1. The summed E-state index contributed by atoms with van der Waals surface area (Å²) in [7, 11) is 0. The SMILES string of the molecule is N#CC(NC(=O)c1cccc([N+](=O)[O-])c1)C1CCCCC1. The van der Waals surface area contributed by atoms with Crippen molar-refractivity contribution in [1.82, 2.24) is 5.32 Å². The Bertz CT molecular complexity index is 574. The van der Waals surface area contributed by atoms with Crippen LogP contribution in [0.1, 0.15) is 42.5 Å². The van der Waals surface area contributed by atoms with Crippen LogP contribution in [0.25, 0.3) is 0 Å². The molecule has 6 heteroatoms. The monoisotopic (exact) mass is 287 g/mol. The minimum Gasteiger partial charge on any atom is -0.336 e. The number of nitrogens with one attached hydrogen (secondary N) is 1. The van der Waals surface area contributed by atoms with Gasteiger partial charge < -0.3 is 5.32 Å². The zero-order valence-electron chi connectivity index (χ0n) is 11.6. The lowest BCUT2D eigenvalue weighted by Crippen LogP contribution is -2.40. The molecule has 0 aromatic heterocycles. The van der Waals surface area contributed by atoms with Gasteiger partial charge in [0, 0.05) is 17.7 Å². The molecule has 1 aliphatic rings. The molecule has 1 amide bonds. The molecule has 1 aromatic rings. The maximum absolute atomic E-state index is 12.1. The lowest BCUT2D eigenvalue weighted by molar-refractivity contribution is -0.384. The van der Waals surface area contributed by atoms with Crippen molar-refractivity contribution >= 4 is 11.6 Å². The number of carbonyl (C=O) groups excluding carboxylic acids is 1. The first-order chi connectivity index (χ1) is 10.1. The fourth-order valence-corrected chi connectivity index (χ4v) is 2.71. The largest absolute Gasteiger partial charge is 0.336 e. The first-order valence-electron chi connectivity index (χ1n) is 7.07. The first kappa shape index (κ1) is 15.0. The molecule has 6 nitrogen and oxygen atoms in total. The van der Waals surface area contributed by atoms with Gasteiger partial charge in [0.15, 0.2) is 0 Å². The van der Waals surface area contributed by atoms with Gasteiger partial charge in [-0.25, -0.2) is 0 Å². The molecule has 0 bridgehead atoms. The Kier molecular flexibility index (Phi) is 4.88. The Morgan fingerprint density at radius 1 is 1.38 bits per heavy atom. The fourth-order valence-electron chi connectivity index (χ4n) is 2.71. The Balaban J connectivity index is 2.07. The highest BCUT2D eigenvalue weighted by Crippen LogP contribution is 2.26. The van der Waals surface area contributed by atoms with Crippen molar-refractivity contribution in [3.8, 4) is 6.07 Å². The zero-order chi connectivity index (χ0) is 15.2. The number of hydrogen-bond acceptors (Lipinski definition) is 4. The minimum atomic E-state index is -0.542. The van der Waals surface area contributed by atoms with Gasteiger partial charge in [-0.15, -0.1) is 0 Å². The van der Waals surface area contributed by atoms with E-state index in [2.05, 4.69) is 11.4 Å². The number of rotatable bonds is 4. The van der Waals surface area contributed by atoms with Crippen molar-refractivity contribution < 1.29 is 9.72 Å². The van der Waals surface area contributed by atoms with Crippen LogP contribution in [0.15, 0.2) is 24.3 Å². The van der Waals surface area contributed by atoms with Crippen molar-refractivity contribution in [2.24, 2.45) is 5.92 Å². The predicted molar refractivity (Wildman–Crippen MR) is 76.5 cm³/mol. The molecule has 0 saturated heterocycles. The van der Waals surface area contributed by atoms with Crippen molar-refractivity contribution in [1.29, 1.82) is 5.26 Å². The lowest BCUT2D eigenvalue weighted by atomic mass is 9.84. The number of nitro groups is 1. The summed E-state index contributed by atoms with van der Waals surface area (Å²) in [6, 6.07) is 7.15. The van der Waals surface area contributed by atoms with Gasteiger partial charge in [0.1, 0.15) is 6.04 Å². The van der Waals surface area contributed by atoms with E-state index in [0.717, 1.165) is 25.7 Å². The number of nitro benzene ring substituents is 1. The molecule has 1 aromatic carbocycles. The number of non-ortho nitro benzene ring substituents is 1. The Morgan fingerprint density at radius 2 is 2.10 bits per heavy atom. The number of hydrogen-bond donors (Lipinski definition) is 1. The van der Waals surface area contributed by atoms with Crippen LogP contribution in [0.2, 0.25) is 0 Å². The number of amides is 1. The second-order valence-corrected chi connectivity index (χ2v) is 5.29. The highest BCUT2D eigenvalue weighted by atomic mass is 16.6. The molecule has 1 fully saturated rings. The molecule has 1 atom stereocenters. The van der Waals surface area contributed by atoms with Gasteiger partial charge in [-0.05, 0) is 24.8 Å². The van der Waals surface area contributed by atoms with Crippen molar-refractivity contribution in [3.05, 3.63) is 39.9 Å². The molecule has 2 rings (SSSR count). The van der Waals surface area contributed by atoms with Crippen molar-refractivity contribution in [2.45, 2.75) is 38.1 Å². The van der Waals surface area contributed by atoms with Crippen molar-refractivity contribution in [2.75, 3.05) is 0 Å². The third kappa shape index (κ3) is 3.78. The van der Waals surface area contributed by atoms with E-state index in [4.69, 9.17) is 0 Å². The molecule has 0 spiro atoms. The van der Waals surface area contributed by atoms with Crippen LogP contribution in [0, 0.1) is 27.4 Å². The molecule has 1 aliphatic carbocycles. The van der Waals surface area contributed by atoms with Crippen LogP contribution < -0.4 is 5.32 Å². The Morgan fingerprint density at radius 3 is 2.71 bits per heavy atom. The van der Waals surface area contributed by atoms with E-state index in [0.29, 0.717) is 0 Å². The third-order valence-electron chi connectivity index (χ3n) is 3.87. The van der Waals surface area contributed by atoms with Gasteiger partial charge in [0.2, 0.25) is 0 Å². The van der Waals surface area contributed by atoms with Crippen molar-refractivity contribution in [3.63, 3.8) is 0 Å². The van der Waals surface area contributed by atoms with E-state index in [1.54, 1.807) is 0 Å². The molecular weight excluding hydrogens is 270 g/mol. The second-order valence-electron chi connectivity index (χ2n) is 5.29. The summed E-state index contributed by atoms with van der Waals surface area (Å²) in [5.74, 6) is -0.262. The van der Waals surface area contributed by atoms with Gasteiger partial charge >= 0.3 is 0 Å². The van der Waals surface area contributed by atoms with E-state index in [9.17, 15) is 20.2 Å². The summed E-state index contributed by atoms with van der Waals surface area (Å²) in [4.78, 5) is 22.3. The average molecular weight is 287 g/mol. The number of nitrogens with zero attached hydrogens (tertiary/aromatic N) is 2. The molecule has 1 unspecified atom stereocenters. The van der Waals surface area contributed by atoms with E-state index in [1.807, 2.05) is 0 Å². The van der Waals surface area contributed by atoms with Crippen LogP contribution >= 0.6 is 0 Å². The number of carbonyl (C=O) groups is 1. The molecule has 21 heavy (non-hydrogen) atoms. The minimum absolute atomic E-state index is 0.131. The molecule has 1 N–H and O–H groups in total. The summed E-state index contributed by atoms with van der Waals surface area (Å²) in [6.07, 6.45) is 5.21. The summed E-state index contributed by atoms with van der Waals surface area (Å²) < 4.78 is 0. The predicted octanol–water partition coefficient (Wildman–Crippen LogP) is 2.80. The van der Waals surface area contributed by atoms with Gasteiger partial charge in [-0.2, -0.15) is 5.26 Å². The zero-order valence-corrected chi connectivity index (χ0v) is 11.6. The molecular formula is C15H17N3O3. The lowest BCUT2D eigenvalue weighted by Gasteiger charge is -2.26. The van der Waals surface area contributed by atoms with Crippen LogP contribution in [-0.2, 0) is 0 Å². The smallest absolute Gasteiger partial charge is 0.270 e. The van der Waals surface area contributed by atoms with Gasteiger partial charge in [0.05, 0.1) is 11.0 Å². The van der Waals surface area contributed by atoms with Gasteiger partial charge in [0.25, 0.3) is 11.6 Å². The topological polar surface area (TPSA) is 96.0 Å². The molecule has 0 radical (unpaired) electrons. The standard InChI is InChI=1S/C15H17N3O3/c16-10-14(11-5-2-1-3-6-11)17-15(19)12-7-4-8-13(9-12)18(20)21/h4,7-9,11,14H,1-3,5-6H2,(H,17,19). The quantitative estimate of drug-likeness (QED) is 0.680. The van der Waals surface area contributed by atoms with Gasteiger partial charge in [-0.3, -0.25) is 14.9 Å². The summed E-state index contributed by atoms with van der Waals surface area (Å²) in [5, 5.41) is 22.7. The normalized spacial score (nSPS) is 16.7. The summed E-state index contributed by atoms with van der Waals surface area (Å²) >= 11 is 0. The van der Waals surface area contributed by atoms with Crippen LogP contribution in [-0.4, -0.2) is 16.9 Å². The Hall–Kier alpha value is -2.42. The fraction of sp³-hybridized carbons (Fsp3) is 0.467. The van der Waals surface area contributed by atoms with Crippen LogP contribution in [0.4, 0.5) is 5.69 Å². The second kappa shape index (κ2) is 6.84. The molecule has 0 aliphatic heterocycles. The summed E-state index contributed by atoms with van der Waals surface area (Å²) in [5.41, 5.74) is 0.0779. The summed E-state index contributed by atoms with van der Waals surface area (Å²) in [6.45, 7) is 0. The maximum Gasteiger partial charge on any atom is 0.270 e. The van der Waals surface area contributed by atoms with Crippen LogP contribution in [0.3, 0.4) is 0 Å². The highest BCUT2D eigenvalue weighted by Gasteiger charge is 2.25. The van der Waals surface area contributed by atoms with E-state index in [1.165, 1.54) is 30.7 Å².